The second kappa shape index (κ2) is 5.09. The first-order valence-corrected chi connectivity index (χ1v) is 6.88. The molecule has 2 aliphatic rings. The Morgan fingerprint density at radius 1 is 1.18 bits per heavy atom. The summed E-state index contributed by atoms with van der Waals surface area (Å²) in [5, 5.41) is 3.68. The molecule has 17 heavy (non-hydrogen) atoms. The molecule has 2 heteroatoms. The van der Waals surface area contributed by atoms with Crippen molar-refractivity contribution < 1.29 is 4.74 Å². The normalized spacial score (nSPS) is 28.2. The minimum atomic E-state index is 0.599. The van der Waals surface area contributed by atoms with Gasteiger partial charge in [0.2, 0.25) is 0 Å². The Balaban J connectivity index is 1.66. The molecule has 92 valence electrons. The zero-order valence-corrected chi connectivity index (χ0v) is 10.3. The molecular formula is C15H21NO. The number of rotatable bonds is 2. The summed E-state index contributed by atoms with van der Waals surface area (Å²) in [6.45, 7) is 2.07. The largest absolute Gasteiger partial charge is 0.493 e. The number of fused-ring (bicyclic) bond motifs is 1. The zero-order valence-electron chi connectivity index (χ0n) is 10.3. The van der Waals surface area contributed by atoms with Crippen LogP contribution in [0.4, 0.5) is 0 Å². The van der Waals surface area contributed by atoms with E-state index in [0.29, 0.717) is 12.0 Å². The highest BCUT2D eigenvalue weighted by Gasteiger charge is 2.26. The van der Waals surface area contributed by atoms with Crippen LogP contribution < -0.4 is 10.1 Å². The molecule has 2 heterocycles. The maximum absolute atomic E-state index is 5.76. The fourth-order valence-electron chi connectivity index (χ4n) is 3.07. The standard InChI is InChI=1S/C15H21NO/c1-2-6-13(16-9-5-1)10-12-11-17-15-8-4-3-7-14(12)15/h3-4,7-8,12-13,16H,1-2,5-6,9-11H2. The fourth-order valence-corrected chi connectivity index (χ4v) is 3.07. The van der Waals surface area contributed by atoms with Gasteiger partial charge in [-0.25, -0.2) is 0 Å². The van der Waals surface area contributed by atoms with Gasteiger partial charge in [0.1, 0.15) is 5.75 Å². The maximum Gasteiger partial charge on any atom is 0.122 e. The van der Waals surface area contributed by atoms with Crippen LogP contribution in [0.5, 0.6) is 5.75 Å². The summed E-state index contributed by atoms with van der Waals surface area (Å²) in [5.74, 6) is 1.70. The van der Waals surface area contributed by atoms with Gasteiger partial charge in [-0.15, -0.1) is 0 Å². The molecule has 2 atom stereocenters. The SMILES string of the molecule is c1ccc2c(c1)OCC2CC1CCCCCN1. The van der Waals surface area contributed by atoms with Crippen LogP contribution in [0.3, 0.4) is 0 Å². The van der Waals surface area contributed by atoms with Crippen LogP contribution in [0.25, 0.3) is 0 Å². The third kappa shape index (κ3) is 2.47. The average molecular weight is 231 g/mol. The van der Waals surface area contributed by atoms with Crippen molar-refractivity contribution in [2.45, 2.75) is 44.1 Å². The van der Waals surface area contributed by atoms with Crippen molar-refractivity contribution in [2.75, 3.05) is 13.2 Å². The summed E-state index contributed by atoms with van der Waals surface area (Å²) in [5.41, 5.74) is 1.42. The van der Waals surface area contributed by atoms with Gasteiger partial charge >= 0.3 is 0 Å². The molecule has 1 N–H and O–H groups in total. The number of ether oxygens (including phenoxy) is 1. The molecule has 2 aliphatic heterocycles. The first-order valence-electron chi connectivity index (χ1n) is 6.88. The van der Waals surface area contributed by atoms with E-state index in [1.807, 2.05) is 0 Å². The van der Waals surface area contributed by atoms with Gasteiger partial charge < -0.3 is 10.1 Å². The van der Waals surface area contributed by atoms with Crippen LogP contribution in [0.15, 0.2) is 24.3 Å². The second-order valence-corrected chi connectivity index (χ2v) is 5.28. The molecular weight excluding hydrogens is 210 g/mol. The molecule has 1 aromatic rings. The van der Waals surface area contributed by atoms with Gasteiger partial charge in [-0.2, -0.15) is 0 Å². The van der Waals surface area contributed by atoms with Gasteiger partial charge in [0.05, 0.1) is 6.61 Å². The second-order valence-electron chi connectivity index (χ2n) is 5.28. The van der Waals surface area contributed by atoms with E-state index in [1.165, 1.54) is 44.2 Å². The Kier molecular flexibility index (Phi) is 3.32. The Morgan fingerprint density at radius 3 is 3.12 bits per heavy atom. The highest BCUT2D eigenvalue weighted by Crippen LogP contribution is 2.36. The van der Waals surface area contributed by atoms with E-state index in [9.17, 15) is 0 Å². The molecule has 1 fully saturated rings. The van der Waals surface area contributed by atoms with Gasteiger partial charge in [-0.3, -0.25) is 0 Å². The van der Waals surface area contributed by atoms with Crippen LogP contribution >= 0.6 is 0 Å². The summed E-state index contributed by atoms with van der Waals surface area (Å²) in [6.07, 6.45) is 6.68. The van der Waals surface area contributed by atoms with Crippen LogP contribution in [0.1, 0.15) is 43.6 Å². The third-order valence-electron chi connectivity index (χ3n) is 4.03. The predicted octanol–water partition coefficient (Wildman–Crippen LogP) is 3.08. The van der Waals surface area contributed by atoms with Crippen LogP contribution in [0, 0.1) is 0 Å². The van der Waals surface area contributed by atoms with E-state index in [1.54, 1.807) is 0 Å². The van der Waals surface area contributed by atoms with Crippen LogP contribution in [-0.2, 0) is 0 Å². The molecule has 0 bridgehead atoms. The molecule has 0 saturated carbocycles. The molecule has 2 nitrogen and oxygen atoms in total. The number of benzene rings is 1. The Morgan fingerprint density at radius 2 is 2.12 bits per heavy atom. The lowest BCUT2D eigenvalue weighted by Gasteiger charge is -2.19. The van der Waals surface area contributed by atoms with Crippen molar-refractivity contribution in [3.8, 4) is 5.75 Å². The summed E-state index contributed by atoms with van der Waals surface area (Å²) in [7, 11) is 0. The Hall–Kier alpha value is -1.02. The van der Waals surface area contributed by atoms with Crippen molar-refractivity contribution in [1.29, 1.82) is 0 Å². The molecule has 3 rings (SSSR count). The highest BCUT2D eigenvalue weighted by molar-refractivity contribution is 5.39. The molecule has 0 radical (unpaired) electrons. The van der Waals surface area contributed by atoms with Crippen LogP contribution in [-0.4, -0.2) is 19.2 Å². The van der Waals surface area contributed by atoms with Crippen molar-refractivity contribution in [1.82, 2.24) is 5.32 Å². The quantitative estimate of drug-likeness (QED) is 0.844. The number of hydrogen-bond donors (Lipinski definition) is 1. The number of para-hydroxylation sites is 1. The first kappa shape index (κ1) is 11.1. The lowest BCUT2D eigenvalue weighted by molar-refractivity contribution is 0.309. The third-order valence-corrected chi connectivity index (χ3v) is 4.03. The van der Waals surface area contributed by atoms with E-state index in [0.717, 1.165) is 12.4 Å². The van der Waals surface area contributed by atoms with Gasteiger partial charge in [0, 0.05) is 17.5 Å². The molecule has 1 saturated heterocycles. The molecule has 0 spiro atoms. The fraction of sp³-hybridized carbons (Fsp3) is 0.600. The Bertz CT molecular complexity index is 369. The van der Waals surface area contributed by atoms with E-state index in [4.69, 9.17) is 4.74 Å². The van der Waals surface area contributed by atoms with Crippen molar-refractivity contribution in [3.63, 3.8) is 0 Å². The summed E-state index contributed by atoms with van der Waals surface area (Å²) in [6, 6.07) is 9.20. The smallest absolute Gasteiger partial charge is 0.122 e. The Labute approximate surface area is 103 Å². The van der Waals surface area contributed by atoms with Gasteiger partial charge in [-0.05, 0) is 31.9 Å². The van der Waals surface area contributed by atoms with Gasteiger partial charge in [0.15, 0.2) is 0 Å². The molecule has 2 unspecified atom stereocenters. The van der Waals surface area contributed by atoms with Crippen molar-refractivity contribution >= 4 is 0 Å². The van der Waals surface area contributed by atoms with Gasteiger partial charge in [-0.1, -0.05) is 31.0 Å². The summed E-state index contributed by atoms with van der Waals surface area (Å²) < 4.78 is 5.76. The average Bonchev–Trinajstić information content (AvgIpc) is 2.59. The van der Waals surface area contributed by atoms with Gasteiger partial charge in [0.25, 0.3) is 0 Å². The minimum Gasteiger partial charge on any atom is -0.493 e. The molecule has 0 aromatic heterocycles. The topological polar surface area (TPSA) is 21.3 Å². The van der Waals surface area contributed by atoms with E-state index in [2.05, 4.69) is 29.6 Å². The van der Waals surface area contributed by atoms with E-state index in [-0.39, 0.29) is 0 Å². The van der Waals surface area contributed by atoms with Crippen LogP contribution in [0.2, 0.25) is 0 Å². The molecule has 0 amide bonds. The van der Waals surface area contributed by atoms with E-state index < -0.39 is 0 Å². The first-order chi connectivity index (χ1) is 8.43. The zero-order chi connectivity index (χ0) is 11.5. The lowest BCUT2D eigenvalue weighted by Crippen LogP contribution is -2.30. The molecule has 1 aromatic carbocycles. The van der Waals surface area contributed by atoms with Crippen molar-refractivity contribution in [3.05, 3.63) is 29.8 Å². The van der Waals surface area contributed by atoms with E-state index >= 15 is 0 Å². The predicted molar refractivity (Wildman–Crippen MR) is 69.6 cm³/mol. The number of hydrogen-bond acceptors (Lipinski definition) is 2. The summed E-state index contributed by atoms with van der Waals surface area (Å²) >= 11 is 0. The minimum absolute atomic E-state index is 0.599. The lowest BCUT2D eigenvalue weighted by atomic mass is 9.92. The van der Waals surface area contributed by atoms with Crippen molar-refractivity contribution in [2.24, 2.45) is 0 Å². The summed E-state index contributed by atoms with van der Waals surface area (Å²) in [4.78, 5) is 0. The maximum atomic E-state index is 5.76. The number of nitrogens with one attached hydrogen (secondary N) is 1. The molecule has 0 aliphatic carbocycles. The monoisotopic (exact) mass is 231 g/mol. The highest BCUT2D eigenvalue weighted by atomic mass is 16.5.